The van der Waals surface area contributed by atoms with Gasteiger partial charge in [-0.15, -0.1) is 0 Å². The molecule has 0 aromatic carbocycles. The van der Waals surface area contributed by atoms with E-state index in [1.807, 2.05) is 0 Å². The third kappa shape index (κ3) is 7.09. The highest BCUT2D eigenvalue weighted by molar-refractivity contribution is 5.72. The second-order valence-corrected chi connectivity index (χ2v) is 8.17. The molecule has 0 N–H and O–H groups in total. The fourth-order valence-electron chi connectivity index (χ4n) is 4.42. The summed E-state index contributed by atoms with van der Waals surface area (Å²) in [7, 11) is 0. The molecule has 2 aliphatic carbocycles. The normalized spacial score (nSPS) is 29.8. The molecule has 0 saturated heterocycles. The highest BCUT2D eigenvalue weighted by Gasteiger charge is 2.30. The number of hydrogen-bond acceptors (Lipinski definition) is 3. The monoisotopic (exact) mass is 363 g/mol. The first-order valence-corrected chi connectivity index (χ1v) is 10.6. The van der Waals surface area contributed by atoms with E-state index in [0.717, 1.165) is 44.4 Å². The van der Waals surface area contributed by atoms with Gasteiger partial charge in [-0.1, -0.05) is 39.0 Å². The summed E-state index contributed by atoms with van der Waals surface area (Å²) in [6, 6.07) is 1.53. The fourth-order valence-corrected chi connectivity index (χ4v) is 4.42. The van der Waals surface area contributed by atoms with Crippen LogP contribution in [0.1, 0.15) is 90.4 Å². The van der Waals surface area contributed by atoms with Crippen LogP contribution in [-0.4, -0.2) is 12.1 Å². The van der Waals surface area contributed by atoms with E-state index in [2.05, 4.69) is 6.92 Å². The number of nitrogens with zero attached hydrogens (tertiary/aromatic N) is 1. The molecule has 3 nitrogen and oxygen atoms in total. The zero-order valence-corrected chi connectivity index (χ0v) is 16.2. The van der Waals surface area contributed by atoms with Crippen molar-refractivity contribution in [2.24, 2.45) is 17.8 Å². The van der Waals surface area contributed by atoms with Crippen LogP contribution in [0.25, 0.3) is 0 Å². The van der Waals surface area contributed by atoms with E-state index in [4.69, 9.17) is 10.00 Å². The van der Waals surface area contributed by atoms with Gasteiger partial charge in [0.05, 0.1) is 5.92 Å². The van der Waals surface area contributed by atoms with E-state index < -0.39 is 5.83 Å². The van der Waals surface area contributed by atoms with Gasteiger partial charge >= 0.3 is 5.97 Å². The van der Waals surface area contributed by atoms with E-state index in [-0.39, 0.29) is 23.9 Å². The Hall–Kier alpha value is -1.37. The number of carbonyl (C=O) groups is 1. The van der Waals surface area contributed by atoms with E-state index in [9.17, 15) is 9.18 Å². The molecule has 4 heteroatoms. The SMILES string of the molecule is CCCCCC[C@H]1CC[C@H](OC(=O)[C@H]2CC[C@H](C=C(F)C#N)CC2)CC1. The second-order valence-electron chi connectivity index (χ2n) is 8.17. The van der Waals surface area contributed by atoms with Crippen LogP contribution in [0.5, 0.6) is 0 Å². The Kier molecular flexibility index (Phi) is 9.15. The van der Waals surface area contributed by atoms with Gasteiger partial charge in [0, 0.05) is 0 Å². The number of carbonyl (C=O) groups excluding carboxylic acids is 1. The van der Waals surface area contributed by atoms with Crippen molar-refractivity contribution in [1.29, 1.82) is 5.26 Å². The fraction of sp³-hybridized carbons (Fsp3) is 0.818. The van der Waals surface area contributed by atoms with Crippen molar-refractivity contribution in [2.75, 3.05) is 0 Å². The zero-order valence-electron chi connectivity index (χ0n) is 16.2. The quantitative estimate of drug-likeness (QED) is 0.291. The Morgan fingerprint density at radius 3 is 2.38 bits per heavy atom. The number of allylic oxidation sites excluding steroid dienone is 2. The first kappa shape index (κ1) is 20.9. The third-order valence-corrected chi connectivity index (χ3v) is 6.14. The number of halogens is 1. The lowest BCUT2D eigenvalue weighted by Crippen LogP contribution is -2.30. The van der Waals surface area contributed by atoms with Crippen LogP contribution in [0.3, 0.4) is 0 Å². The van der Waals surface area contributed by atoms with Gasteiger partial charge in [-0.3, -0.25) is 4.79 Å². The minimum atomic E-state index is -0.706. The summed E-state index contributed by atoms with van der Waals surface area (Å²) in [4.78, 5) is 12.4. The Bertz CT molecular complexity index is 495. The van der Waals surface area contributed by atoms with Crippen LogP contribution in [0.2, 0.25) is 0 Å². The first-order valence-electron chi connectivity index (χ1n) is 10.6. The van der Waals surface area contributed by atoms with Gasteiger partial charge in [-0.05, 0) is 69.3 Å². The molecule has 0 aromatic rings. The maximum absolute atomic E-state index is 13.0. The topological polar surface area (TPSA) is 50.1 Å². The van der Waals surface area contributed by atoms with Gasteiger partial charge in [0.15, 0.2) is 5.83 Å². The number of unbranched alkanes of at least 4 members (excludes halogenated alkanes) is 3. The molecule has 0 radical (unpaired) electrons. The molecule has 2 aliphatic rings. The van der Waals surface area contributed by atoms with Crippen molar-refractivity contribution in [3.05, 3.63) is 11.9 Å². The molecule has 26 heavy (non-hydrogen) atoms. The maximum atomic E-state index is 13.0. The molecule has 0 heterocycles. The summed E-state index contributed by atoms with van der Waals surface area (Å²) < 4.78 is 18.8. The molecule has 0 aromatic heterocycles. The molecule has 0 bridgehead atoms. The molecular formula is C22H34FNO2. The van der Waals surface area contributed by atoms with Crippen LogP contribution < -0.4 is 0 Å². The smallest absolute Gasteiger partial charge is 0.309 e. The van der Waals surface area contributed by atoms with Crippen LogP contribution in [0, 0.1) is 29.1 Å². The molecule has 0 unspecified atom stereocenters. The van der Waals surface area contributed by atoms with Crippen molar-refractivity contribution in [2.45, 2.75) is 96.5 Å². The van der Waals surface area contributed by atoms with Crippen molar-refractivity contribution in [1.82, 2.24) is 0 Å². The van der Waals surface area contributed by atoms with Crippen molar-refractivity contribution < 1.29 is 13.9 Å². The van der Waals surface area contributed by atoms with Crippen LogP contribution in [0.4, 0.5) is 4.39 Å². The average Bonchev–Trinajstić information content (AvgIpc) is 2.67. The Morgan fingerprint density at radius 2 is 1.77 bits per heavy atom. The molecule has 146 valence electrons. The summed E-state index contributed by atoms with van der Waals surface area (Å²) in [5.74, 6) is 0.0968. The zero-order chi connectivity index (χ0) is 18.8. The minimum Gasteiger partial charge on any atom is -0.462 e. The van der Waals surface area contributed by atoms with E-state index in [1.165, 1.54) is 57.1 Å². The van der Waals surface area contributed by atoms with Crippen molar-refractivity contribution in [3.63, 3.8) is 0 Å². The minimum absolute atomic E-state index is 0.0448. The molecule has 0 amide bonds. The lowest BCUT2D eigenvalue weighted by Gasteiger charge is -2.31. The van der Waals surface area contributed by atoms with E-state index >= 15 is 0 Å². The first-order chi connectivity index (χ1) is 12.6. The molecule has 0 atom stereocenters. The number of ether oxygens (including phenoxy) is 1. The molecule has 2 saturated carbocycles. The highest BCUT2D eigenvalue weighted by Crippen LogP contribution is 2.34. The van der Waals surface area contributed by atoms with E-state index in [1.54, 1.807) is 0 Å². The van der Waals surface area contributed by atoms with Gasteiger partial charge < -0.3 is 4.74 Å². The van der Waals surface area contributed by atoms with Crippen LogP contribution in [-0.2, 0) is 9.53 Å². The summed E-state index contributed by atoms with van der Waals surface area (Å²) in [6.45, 7) is 2.24. The van der Waals surface area contributed by atoms with Crippen molar-refractivity contribution >= 4 is 5.97 Å². The molecule has 2 rings (SSSR count). The Morgan fingerprint density at radius 1 is 1.08 bits per heavy atom. The second kappa shape index (κ2) is 11.4. The summed E-state index contributed by atoms with van der Waals surface area (Å²) in [5.41, 5.74) is 0. The average molecular weight is 364 g/mol. The summed E-state index contributed by atoms with van der Waals surface area (Å²) >= 11 is 0. The Balaban J connectivity index is 1.63. The van der Waals surface area contributed by atoms with Crippen molar-refractivity contribution in [3.8, 4) is 6.07 Å². The highest BCUT2D eigenvalue weighted by atomic mass is 19.1. The van der Waals surface area contributed by atoms with Gasteiger partial charge in [0.25, 0.3) is 0 Å². The molecular weight excluding hydrogens is 329 g/mol. The predicted octanol–water partition coefficient (Wildman–Crippen LogP) is 6.24. The Labute approximate surface area is 158 Å². The standard InChI is InChI=1S/C22H34FNO2/c1-2-3-4-5-6-17-9-13-21(14-10-17)26-22(25)19-11-7-18(8-12-19)15-20(23)16-24/h15,17-19,21H,2-14H2,1H3/t17-,18-,19-,21-. The lowest BCUT2D eigenvalue weighted by molar-refractivity contribution is -0.157. The maximum Gasteiger partial charge on any atom is 0.309 e. The van der Waals surface area contributed by atoms with Gasteiger partial charge in [0.1, 0.15) is 12.2 Å². The number of nitriles is 1. The van der Waals surface area contributed by atoms with Gasteiger partial charge in [-0.2, -0.15) is 9.65 Å². The van der Waals surface area contributed by atoms with Gasteiger partial charge in [-0.25, -0.2) is 0 Å². The number of rotatable bonds is 8. The summed E-state index contributed by atoms with van der Waals surface area (Å²) in [6.07, 6.45) is 15.6. The van der Waals surface area contributed by atoms with Crippen LogP contribution in [0.15, 0.2) is 11.9 Å². The molecule has 2 fully saturated rings. The molecule has 0 aliphatic heterocycles. The summed E-state index contributed by atoms with van der Waals surface area (Å²) in [5, 5.41) is 8.51. The van der Waals surface area contributed by atoms with Gasteiger partial charge in [0.2, 0.25) is 0 Å². The van der Waals surface area contributed by atoms with Crippen LogP contribution >= 0.6 is 0 Å². The predicted molar refractivity (Wildman–Crippen MR) is 101 cm³/mol. The molecule has 0 spiro atoms. The lowest BCUT2D eigenvalue weighted by atomic mass is 9.81. The third-order valence-electron chi connectivity index (χ3n) is 6.14. The number of hydrogen-bond donors (Lipinski definition) is 0. The largest absolute Gasteiger partial charge is 0.462 e. The number of esters is 1. The van der Waals surface area contributed by atoms with E-state index in [0.29, 0.717) is 0 Å².